The van der Waals surface area contributed by atoms with Gasteiger partial charge in [0.15, 0.2) is 0 Å². The minimum Gasteiger partial charge on any atom is -0.356 e. The molecule has 0 saturated carbocycles. The van der Waals surface area contributed by atoms with Gasteiger partial charge in [-0.3, -0.25) is 4.79 Å². The van der Waals surface area contributed by atoms with Gasteiger partial charge >= 0.3 is 0 Å². The summed E-state index contributed by atoms with van der Waals surface area (Å²) >= 11 is 0. The van der Waals surface area contributed by atoms with Crippen LogP contribution in [-0.2, 0) is 11.2 Å². The summed E-state index contributed by atoms with van der Waals surface area (Å²) in [6.07, 6.45) is 7.56. The van der Waals surface area contributed by atoms with Gasteiger partial charge in [-0.15, -0.1) is 0 Å². The number of benzene rings is 1. The molecule has 0 atom stereocenters. The molecule has 1 N–H and O–H groups in total. The van der Waals surface area contributed by atoms with Gasteiger partial charge in [-0.2, -0.15) is 0 Å². The van der Waals surface area contributed by atoms with E-state index in [0.29, 0.717) is 6.42 Å². The maximum Gasteiger partial charge on any atom is 0.219 e. The van der Waals surface area contributed by atoms with E-state index in [1.807, 2.05) is 6.92 Å². The van der Waals surface area contributed by atoms with E-state index >= 15 is 0 Å². The van der Waals surface area contributed by atoms with Gasteiger partial charge in [0, 0.05) is 13.0 Å². The number of nitrogens with one attached hydrogen (secondary N) is 1. The predicted octanol–water partition coefficient (Wildman–Crippen LogP) is 3.71. The zero-order chi connectivity index (χ0) is 13.1. The van der Waals surface area contributed by atoms with E-state index in [1.54, 1.807) is 0 Å². The van der Waals surface area contributed by atoms with Crippen LogP contribution in [0.5, 0.6) is 0 Å². The Hall–Kier alpha value is -1.31. The fourth-order valence-corrected chi connectivity index (χ4v) is 2.00. The van der Waals surface area contributed by atoms with Crippen LogP contribution in [0.25, 0.3) is 0 Å². The molecule has 0 aromatic heterocycles. The molecule has 2 nitrogen and oxygen atoms in total. The monoisotopic (exact) mass is 247 g/mol. The van der Waals surface area contributed by atoms with Gasteiger partial charge in [0.25, 0.3) is 0 Å². The lowest BCUT2D eigenvalue weighted by molar-refractivity contribution is -0.121. The van der Waals surface area contributed by atoms with Crippen molar-refractivity contribution in [2.24, 2.45) is 0 Å². The highest BCUT2D eigenvalue weighted by atomic mass is 16.1. The molecule has 0 aliphatic carbocycles. The van der Waals surface area contributed by atoms with Crippen molar-refractivity contribution in [3.63, 3.8) is 0 Å². The Balaban J connectivity index is 1.92. The van der Waals surface area contributed by atoms with E-state index in [4.69, 9.17) is 0 Å². The molecule has 0 spiro atoms. The molecular formula is C16H25NO. The highest BCUT2D eigenvalue weighted by Crippen LogP contribution is 2.07. The second-order valence-electron chi connectivity index (χ2n) is 4.75. The zero-order valence-corrected chi connectivity index (χ0v) is 11.5. The van der Waals surface area contributed by atoms with Gasteiger partial charge < -0.3 is 5.32 Å². The smallest absolute Gasteiger partial charge is 0.219 e. The second-order valence-corrected chi connectivity index (χ2v) is 4.75. The molecule has 1 aromatic rings. The molecule has 2 heteroatoms. The summed E-state index contributed by atoms with van der Waals surface area (Å²) in [5, 5.41) is 2.95. The summed E-state index contributed by atoms with van der Waals surface area (Å²) in [4.78, 5) is 11.2. The van der Waals surface area contributed by atoms with Crippen LogP contribution in [0.1, 0.15) is 51.0 Å². The molecule has 100 valence electrons. The van der Waals surface area contributed by atoms with Crippen molar-refractivity contribution in [2.45, 2.75) is 51.9 Å². The van der Waals surface area contributed by atoms with Crippen LogP contribution in [0.2, 0.25) is 0 Å². The Labute approximate surface area is 111 Å². The fraction of sp³-hybridized carbons (Fsp3) is 0.562. The Kier molecular flexibility index (Phi) is 7.94. The number of hydrogen-bond donors (Lipinski definition) is 1. The average molecular weight is 247 g/mol. The number of amides is 1. The summed E-state index contributed by atoms with van der Waals surface area (Å²) in [5.74, 6) is 0.196. The first kappa shape index (κ1) is 14.7. The first-order valence-corrected chi connectivity index (χ1v) is 7.13. The molecule has 0 saturated heterocycles. The minimum absolute atomic E-state index is 0.196. The van der Waals surface area contributed by atoms with Crippen molar-refractivity contribution in [3.05, 3.63) is 35.9 Å². The molecule has 18 heavy (non-hydrogen) atoms. The lowest BCUT2D eigenvalue weighted by atomic mass is 10.1. The van der Waals surface area contributed by atoms with Gasteiger partial charge in [-0.1, -0.05) is 50.1 Å². The summed E-state index contributed by atoms with van der Waals surface area (Å²) in [5.41, 5.74) is 1.42. The Morgan fingerprint density at radius 1 is 1.06 bits per heavy atom. The van der Waals surface area contributed by atoms with E-state index in [9.17, 15) is 4.79 Å². The number of unbranched alkanes of at least 4 members (excludes halogenated alkanes) is 3. The van der Waals surface area contributed by atoms with Crippen LogP contribution in [0.3, 0.4) is 0 Å². The molecule has 1 amide bonds. The van der Waals surface area contributed by atoms with Crippen LogP contribution >= 0.6 is 0 Å². The van der Waals surface area contributed by atoms with Gasteiger partial charge in [-0.25, -0.2) is 0 Å². The second kappa shape index (κ2) is 9.69. The van der Waals surface area contributed by atoms with Crippen LogP contribution < -0.4 is 5.32 Å². The molecule has 0 bridgehead atoms. The average Bonchev–Trinajstić information content (AvgIpc) is 2.39. The van der Waals surface area contributed by atoms with Gasteiger partial charge in [0.1, 0.15) is 0 Å². The van der Waals surface area contributed by atoms with Crippen molar-refractivity contribution in [1.82, 2.24) is 5.32 Å². The third kappa shape index (κ3) is 7.10. The number of rotatable bonds is 9. The zero-order valence-electron chi connectivity index (χ0n) is 11.5. The highest BCUT2D eigenvalue weighted by Gasteiger charge is 1.97. The van der Waals surface area contributed by atoms with E-state index in [1.165, 1.54) is 31.2 Å². The molecule has 0 heterocycles. The van der Waals surface area contributed by atoms with Crippen molar-refractivity contribution in [2.75, 3.05) is 6.54 Å². The molecule has 0 fully saturated rings. The molecule has 0 unspecified atom stereocenters. The third-order valence-corrected chi connectivity index (χ3v) is 3.03. The van der Waals surface area contributed by atoms with Gasteiger partial charge in [-0.05, 0) is 31.2 Å². The maximum absolute atomic E-state index is 11.2. The quantitative estimate of drug-likeness (QED) is 0.662. The Morgan fingerprint density at radius 3 is 2.50 bits per heavy atom. The van der Waals surface area contributed by atoms with Gasteiger partial charge in [0.05, 0.1) is 0 Å². The van der Waals surface area contributed by atoms with Crippen LogP contribution in [-0.4, -0.2) is 12.5 Å². The molecule has 1 rings (SSSR count). The van der Waals surface area contributed by atoms with Crippen molar-refractivity contribution in [3.8, 4) is 0 Å². The normalized spacial score (nSPS) is 10.3. The summed E-state index contributed by atoms with van der Waals surface area (Å²) in [7, 11) is 0. The minimum atomic E-state index is 0.196. The largest absolute Gasteiger partial charge is 0.356 e. The standard InChI is InChI=1S/C16H25NO/c1-2-10-16(18)17-14-9-4-3-6-11-15-12-7-5-8-13-15/h5,7-8,12-13H,2-4,6,9-11,14H2,1H3,(H,17,18). The number of hydrogen-bond acceptors (Lipinski definition) is 1. The van der Waals surface area contributed by atoms with Crippen LogP contribution in [0.15, 0.2) is 30.3 Å². The number of carbonyl (C=O) groups is 1. The summed E-state index contributed by atoms with van der Waals surface area (Å²) in [6.45, 7) is 2.87. The maximum atomic E-state index is 11.2. The highest BCUT2D eigenvalue weighted by molar-refractivity contribution is 5.75. The van der Waals surface area contributed by atoms with E-state index in [2.05, 4.69) is 35.6 Å². The molecule has 0 radical (unpaired) electrons. The van der Waals surface area contributed by atoms with Gasteiger partial charge in [0.2, 0.25) is 5.91 Å². The van der Waals surface area contributed by atoms with Crippen molar-refractivity contribution < 1.29 is 4.79 Å². The fourth-order valence-electron chi connectivity index (χ4n) is 2.00. The molecule has 0 aliphatic rings. The van der Waals surface area contributed by atoms with E-state index in [0.717, 1.165) is 19.4 Å². The third-order valence-electron chi connectivity index (χ3n) is 3.03. The Bertz CT molecular complexity index is 321. The SMILES string of the molecule is CCCC(=O)NCCCCCCc1ccccc1. The molecule has 1 aromatic carbocycles. The van der Waals surface area contributed by atoms with Crippen LogP contribution in [0, 0.1) is 0 Å². The lowest BCUT2D eigenvalue weighted by Gasteiger charge is -2.04. The first-order chi connectivity index (χ1) is 8.83. The topological polar surface area (TPSA) is 29.1 Å². The number of aryl methyl sites for hydroxylation is 1. The predicted molar refractivity (Wildman–Crippen MR) is 76.5 cm³/mol. The number of carbonyl (C=O) groups excluding carboxylic acids is 1. The van der Waals surface area contributed by atoms with Crippen LogP contribution in [0.4, 0.5) is 0 Å². The Morgan fingerprint density at radius 2 is 1.78 bits per heavy atom. The summed E-state index contributed by atoms with van der Waals surface area (Å²) < 4.78 is 0. The summed E-state index contributed by atoms with van der Waals surface area (Å²) in [6, 6.07) is 10.6. The van der Waals surface area contributed by atoms with E-state index < -0.39 is 0 Å². The van der Waals surface area contributed by atoms with Crippen molar-refractivity contribution in [1.29, 1.82) is 0 Å². The van der Waals surface area contributed by atoms with Crippen molar-refractivity contribution >= 4 is 5.91 Å². The lowest BCUT2D eigenvalue weighted by Crippen LogP contribution is -2.23. The van der Waals surface area contributed by atoms with E-state index in [-0.39, 0.29) is 5.91 Å². The molecular weight excluding hydrogens is 222 g/mol. The first-order valence-electron chi connectivity index (χ1n) is 7.13. The molecule has 0 aliphatic heterocycles.